The molecule has 7 nitrogen and oxygen atoms in total. The Kier molecular flexibility index (Phi) is 7.25. The van der Waals surface area contributed by atoms with Gasteiger partial charge in [0.25, 0.3) is 0 Å². The number of nitrogens with zero attached hydrogens (tertiary/aromatic N) is 1. The summed E-state index contributed by atoms with van der Waals surface area (Å²) in [6, 6.07) is 5.53. The van der Waals surface area contributed by atoms with Crippen LogP contribution in [0.25, 0.3) is 0 Å². The van der Waals surface area contributed by atoms with Crippen molar-refractivity contribution < 1.29 is 23.9 Å². The van der Waals surface area contributed by atoms with E-state index in [-0.39, 0.29) is 29.6 Å². The molecule has 1 aromatic carbocycles. The molecule has 1 aliphatic carbocycles. The minimum Gasteiger partial charge on any atom is -0.462 e. The van der Waals surface area contributed by atoms with E-state index in [4.69, 9.17) is 4.74 Å². The first-order valence-corrected chi connectivity index (χ1v) is 10.9. The standard InChI is InChI=1S/C24H30N2O5/c1-4-13-31-24(30)16-9-11-17(12-10-16)25-21(27)20(14-15(2)3)26-22(28)18-7-5-6-8-19(18)23(26)29/h5-6,9-12,15,18-20H,4,7-8,13-14H2,1-3H3,(H,25,27)/t18-,19-,20-/m0/s1. The van der Waals surface area contributed by atoms with Gasteiger partial charge < -0.3 is 10.1 Å². The van der Waals surface area contributed by atoms with Crippen LogP contribution in [0.1, 0.15) is 56.8 Å². The minimum absolute atomic E-state index is 0.118. The number of benzene rings is 1. The molecule has 0 unspecified atom stereocenters. The third kappa shape index (κ3) is 5.03. The molecule has 1 fully saturated rings. The zero-order chi connectivity index (χ0) is 22.5. The third-order valence-corrected chi connectivity index (χ3v) is 5.68. The molecule has 1 saturated heterocycles. The van der Waals surface area contributed by atoms with Crippen LogP contribution >= 0.6 is 0 Å². The summed E-state index contributed by atoms with van der Waals surface area (Å²) < 4.78 is 5.10. The lowest BCUT2D eigenvalue weighted by Gasteiger charge is -2.27. The highest BCUT2D eigenvalue weighted by Crippen LogP contribution is 2.37. The van der Waals surface area contributed by atoms with Gasteiger partial charge >= 0.3 is 5.97 Å². The highest BCUT2D eigenvalue weighted by Gasteiger charge is 2.51. The highest BCUT2D eigenvalue weighted by molar-refractivity contribution is 6.10. The van der Waals surface area contributed by atoms with E-state index in [2.05, 4.69) is 5.32 Å². The normalized spacial score (nSPS) is 21.2. The Balaban J connectivity index is 1.74. The van der Waals surface area contributed by atoms with Crippen molar-refractivity contribution in [2.75, 3.05) is 11.9 Å². The summed E-state index contributed by atoms with van der Waals surface area (Å²) in [5.74, 6) is -1.94. The number of rotatable bonds is 8. The van der Waals surface area contributed by atoms with Crippen LogP contribution in [-0.2, 0) is 19.1 Å². The van der Waals surface area contributed by atoms with E-state index in [1.807, 2.05) is 32.9 Å². The predicted octanol–water partition coefficient (Wildman–Crippen LogP) is 3.56. The summed E-state index contributed by atoms with van der Waals surface area (Å²) >= 11 is 0. The maximum Gasteiger partial charge on any atom is 0.338 e. The van der Waals surface area contributed by atoms with E-state index in [1.54, 1.807) is 24.3 Å². The van der Waals surface area contributed by atoms with Crippen molar-refractivity contribution in [1.29, 1.82) is 0 Å². The van der Waals surface area contributed by atoms with Crippen molar-refractivity contribution in [2.45, 2.75) is 52.5 Å². The van der Waals surface area contributed by atoms with Gasteiger partial charge in [0.15, 0.2) is 0 Å². The topological polar surface area (TPSA) is 92.8 Å². The Hall–Kier alpha value is -2.96. The van der Waals surface area contributed by atoms with Crippen molar-refractivity contribution >= 4 is 29.4 Å². The fourth-order valence-corrected chi connectivity index (χ4v) is 4.10. The molecule has 0 saturated carbocycles. The molecule has 1 aromatic rings. The van der Waals surface area contributed by atoms with Crippen LogP contribution in [0, 0.1) is 17.8 Å². The largest absolute Gasteiger partial charge is 0.462 e. The molecule has 1 heterocycles. The van der Waals surface area contributed by atoms with Crippen LogP contribution in [0.4, 0.5) is 5.69 Å². The summed E-state index contributed by atoms with van der Waals surface area (Å²) in [7, 11) is 0. The molecule has 3 rings (SSSR count). The van der Waals surface area contributed by atoms with Crippen LogP contribution in [0.15, 0.2) is 36.4 Å². The number of ether oxygens (including phenoxy) is 1. The third-order valence-electron chi connectivity index (χ3n) is 5.68. The van der Waals surface area contributed by atoms with Gasteiger partial charge in [0, 0.05) is 5.69 Å². The SMILES string of the molecule is CCCOC(=O)c1ccc(NC(=O)[C@H](CC(C)C)N2C(=O)[C@H]3CC=CC[C@@H]3C2=O)cc1. The van der Waals surface area contributed by atoms with E-state index in [0.717, 1.165) is 6.42 Å². The molecule has 2 aliphatic rings. The first-order valence-electron chi connectivity index (χ1n) is 10.9. The number of allylic oxidation sites excluding steroid dienone is 2. The Morgan fingerprint density at radius 1 is 1.06 bits per heavy atom. The van der Waals surface area contributed by atoms with Crippen LogP contribution in [0.3, 0.4) is 0 Å². The van der Waals surface area contributed by atoms with Gasteiger partial charge in [0.1, 0.15) is 6.04 Å². The van der Waals surface area contributed by atoms with Crippen molar-refractivity contribution in [2.24, 2.45) is 17.8 Å². The molecule has 166 valence electrons. The second-order valence-corrected chi connectivity index (χ2v) is 8.55. The molecule has 1 aliphatic heterocycles. The fourth-order valence-electron chi connectivity index (χ4n) is 4.10. The smallest absolute Gasteiger partial charge is 0.338 e. The number of carbonyl (C=O) groups excluding carboxylic acids is 4. The van der Waals surface area contributed by atoms with E-state index in [1.165, 1.54) is 4.90 Å². The van der Waals surface area contributed by atoms with Gasteiger partial charge in [-0.2, -0.15) is 0 Å². The van der Waals surface area contributed by atoms with E-state index in [0.29, 0.717) is 37.1 Å². The maximum absolute atomic E-state index is 13.1. The number of anilines is 1. The molecule has 0 bridgehead atoms. The van der Waals surface area contributed by atoms with Gasteiger partial charge in [0.05, 0.1) is 24.0 Å². The number of fused-ring (bicyclic) bond motifs is 1. The summed E-state index contributed by atoms with van der Waals surface area (Å²) in [5.41, 5.74) is 0.885. The second-order valence-electron chi connectivity index (χ2n) is 8.55. The van der Waals surface area contributed by atoms with Crippen LogP contribution in [0.2, 0.25) is 0 Å². The number of hydrogen-bond acceptors (Lipinski definition) is 5. The number of imide groups is 1. The van der Waals surface area contributed by atoms with E-state index >= 15 is 0 Å². The molecule has 1 N–H and O–H groups in total. The number of hydrogen-bond donors (Lipinski definition) is 1. The monoisotopic (exact) mass is 426 g/mol. The lowest BCUT2D eigenvalue weighted by molar-refractivity contribution is -0.147. The van der Waals surface area contributed by atoms with Crippen LogP contribution in [-0.4, -0.2) is 41.2 Å². The molecular formula is C24H30N2O5. The zero-order valence-electron chi connectivity index (χ0n) is 18.3. The zero-order valence-corrected chi connectivity index (χ0v) is 18.3. The first-order chi connectivity index (χ1) is 14.8. The number of carbonyl (C=O) groups is 4. The Bertz CT molecular complexity index is 848. The molecular weight excluding hydrogens is 396 g/mol. The van der Waals surface area contributed by atoms with Gasteiger partial charge in [-0.1, -0.05) is 32.9 Å². The maximum atomic E-state index is 13.1. The molecule has 7 heteroatoms. The minimum atomic E-state index is -0.861. The summed E-state index contributed by atoms with van der Waals surface area (Å²) in [4.78, 5) is 52.2. The number of likely N-dealkylation sites (tertiary alicyclic amines) is 1. The molecule has 0 aromatic heterocycles. The molecule has 3 amide bonds. The van der Waals surface area contributed by atoms with Crippen molar-refractivity contribution in [3.8, 4) is 0 Å². The Morgan fingerprint density at radius 3 is 2.16 bits per heavy atom. The quantitative estimate of drug-likeness (QED) is 0.390. The summed E-state index contributed by atoms with van der Waals surface area (Å²) in [5, 5.41) is 2.80. The molecule has 31 heavy (non-hydrogen) atoms. The summed E-state index contributed by atoms with van der Waals surface area (Å²) in [6.07, 6.45) is 6.07. The average Bonchev–Trinajstić information content (AvgIpc) is 3.01. The molecule has 3 atom stereocenters. The van der Waals surface area contributed by atoms with Gasteiger partial charge in [-0.15, -0.1) is 0 Å². The molecule has 0 radical (unpaired) electrons. The van der Waals surface area contributed by atoms with E-state index in [9.17, 15) is 19.2 Å². The summed E-state index contributed by atoms with van der Waals surface area (Å²) in [6.45, 7) is 6.18. The fraction of sp³-hybridized carbons (Fsp3) is 0.500. The first kappa shape index (κ1) is 22.7. The van der Waals surface area contributed by atoms with Gasteiger partial charge in [-0.3, -0.25) is 19.3 Å². The van der Waals surface area contributed by atoms with Crippen molar-refractivity contribution in [1.82, 2.24) is 4.90 Å². The Labute approximate surface area is 182 Å². The van der Waals surface area contributed by atoms with Gasteiger partial charge in [0.2, 0.25) is 17.7 Å². The highest BCUT2D eigenvalue weighted by atomic mass is 16.5. The van der Waals surface area contributed by atoms with Gasteiger partial charge in [-0.05, 0) is 55.9 Å². The van der Waals surface area contributed by atoms with Crippen LogP contribution in [0.5, 0.6) is 0 Å². The number of nitrogens with one attached hydrogen (secondary N) is 1. The Morgan fingerprint density at radius 2 is 1.65 bits per heavy atom. The van der Waals surface area contributed by atoms with Crippen molar-refractivity contribution in [3.05, 3.63) is 42.0 Å². The number of amides is 3. The lowest BCUT2D eigenvalue weighted by atomic mass is 9.85. The molecule has 0 spiro atoms. The van der Waals surface area contributed by atoms with Crippen LogP contribution < -0.4 is 5.32 Å². The predicted molar refractivity (Wildman–Crippen MR) is 116 cm³/mol. The van der Waals surface area contributed by atoms with Crippen molar-refractivity contribution in [3.63, 3.8) is 0 Å². The number of esters is 1. The van der Waals surface area contributed by atoms with E-state index < -0.39 is 17.9 Å². The average molecular weight is 427 g/mol. The van der Waals surface area contributed by atoms with Gasteiger partial charge in [-0.25, -0.2) is 4.79 Å². The second kappa shape index (κ2) is 9.90. The lowest BCUT2D eigenvalue weighted by Crippen LogP contribution is -2.48.